The average Bonchev–Trinajstić information content (AvgIpc) is 2.54. The van der Waals surface area contributed by atoms with Gasteiger partial charge < -0.3 is 18.9 Å². The molecule has 0 aliphatic rings. The van der Waals surface area contributed by atoms with Crippen LogP contribution in [0.3, 0.4) is 0 Å². The first-order valence-corrected chi connectivity index (χ1v) is 7.83. The number of carbonyl (C=O) groups is 2. The summed E-state index contributed by atoms with van der Waals surface area (Å²) in [5.74, 6) is -0.0957. The van der Waals surface area contributed by atoms with Crippen molar-refractivity contribution in [1.82, 2.24) is 0 Å². The molecule has 0 radical (unpaired) electrons. The molecule has 0 amide bonds. The van der Waals surface area contributed by atoms with Crippen LogP contribution >= 0.6 is 0 Å². The Morgan fingerprint density at radius 2 is 1.65 bits per heavy atom. The second-order valence-corrected chi connectivity index (χ2v) is 4.69. The average molecular weight is 324 g/mol. The fourth-order valence-electron chi connectivity index (χ4n) is 1.88. The number of hydrogen-bond donors (Lipinski definition) is 0. The first kappa shape index (κ1) is 18.8. The smallest absolute Gasteiger partial charge is 0.347 e. The number of rotatable bonds is 10. The summed E-state index contributed by atoms with van der Waals surface area (Å²) in [5, 5.41) is 0. The van der Waals surface area contributed by atoms with E-state index in [-0.39, 0.29) is 6.61 Å². The molecule has 0 saturated carbocycles. The summed E-state index contributed by atoms with van der Waals surface area (Å²) < 4.78 is 21.0. The molecule has 1 rings (SSSR count). The highest BCUT2D eigenvalue weighted by atomic mass is 16.6. The zero-order valence-electron chi connectivity index (χ0n) is 13.9. The van der Waals surface area contributed by atoms with Gasteiger partial charge in [0.15, 0.2) is 24.2 Å². The van der Waals surface area contributed by atoms with Crippen molar-refractivity contribution in [2.75, 3.05) is 19.8 Å². The molecular formula is C17H24O6. The summed E-state index contributed by atoms with van der Waals surface area (Å²) in [4.78, 5) is 23.3. The molecule has 0 aromatic heterocycles. The van der Waals surface area contributed by atoms with Crippen molar-refractivity contribution in [1.29, 1.82) is 0 Å². The maximum absolute atomic E-state index is 11.9. The molecule has 1 aromatic rings. The van der Waals surface area contributed by atoms with E-state index in [4.69, 9.17) is 18.9 Å². The van der Waals surface area contributed by atoms with E-state index in [1.165, 1.54) is 0 Å². The van der Waals surface area contributed by atoms with E-state index in [1.54, 1.807) is 38.1 Å². The van der Waals surface area contributed by atoms with Crippen molar-refractivity contribution in [2.24, 2.45) is 0 Å². The van der Waals surface area contributed by atoms with E-state index in [0.717, 1.165) is 6.42 Å². The summed E-state index contributed by atoms with van der Waals surface area (Å²) in [7, 11) is 0. The molecule has 6 heteroatoms. The lowest BCUT2D eigenvalue weighted by atomic mass is 10.2. The summed E-state index contributed by atoms with van der Waals surface area (Å²) in [5.41, 5.74) is 0. The maximum atomic E-state index is 11.9. The predicted molar refractivity (Wildman–Crippen MR) is 84.5 cm³/mol. The lowest BCUT2D eigenvalue weighted by Crippen LogP contribution is -2.29. The monoisotopic (exact) mass is 324 g/mol. The topological polar surface area (TPSA) is 71.1 Å². The highest BCUT2D eigenvalue weighted by molar-refractivity contribution is 5.75. The van der Waals surface area contributed by atoms with E-state index in [9.17, 15) is 9.59 Å². The zero-order valence-corrected chi connectivity index (χ0v) is 13.9. The van der Waals surface area contributed by atoms with Gasteiger partial charge in [0.05, 0.1) is 13.2 Å². The summed E-state index contributed by atoms with van der Waals surface area (Å²) in [6.07, 6.45) is 0.604. The van der Waals surface area contributed by atoms with Crippen LogP contribution in [-0.4, -0.2) is 37.9 Å². The molecule has 0 N–H and O–H groups in total. The van der Waals surface area contributed by atoms with Gasteiger partial charge in [0.25, 0.3) is 0 Å². The van der Waals surface area contributed by atoms with Crippen LogP contribution in [0.1, 0.15) is 33.6 Å². The van der Waals surface area contributed by atoms with Gasteiger partial charge in [-0.3, -0.25) is 0 Å². The third kappa shape index (κ3) is 6.59. The van der Waals surface area contributed by atoms with E-state index >= 15 is 0 Å². The molecule has 0 bridgehead atoms. The highest BCUT2D eigenvalue weighted by Gasteiger charge is 2.22. The molecule has 1 atom stereocenters. The second-order valence-electron chi connectivity index (χ2n) is 4.69. The quantitative estimate of drug-likeness (QED) is 0.616. The third-order valence-corrected chi connectivity index (χ3v) is 2.87. The Balaban J connectivity index is 2.77. The Morgan fingerprint density at radius 3 is 2.26 bits per heavy atom. The number of carbonyl (C=O) groups excluding carboxylic acids is 2. The van der Waals surface area contributed by atoms with Crippen molar-refractivity contribution in [3.63, 3.8) is 0 Å². The zero-order chi connectivity index (χ0) is 17.1. The Bertz CT molecular complexity index is 500. The number of benzene rings is 1. The van der Waals surface area contributed by atoms with Crippen molar-refractivity contribution < 1.29 is 28.5 Å². The Hall–Kier alpha value is -2.24. The summed E-state index contributed by atoms with van der Waals surface area (Å²) in [6, 6.07) is 6.87. The molecule has 0 fully saturated rings. The fraction of sp³-hybridized carbons (Fsp3) is 0.529. The van der Waals surface area contributed by atoms with Gasteiger partial charge in [0.1, 0.15) is 0 Å². The van der Waals surface area contributed by atoms with Crippen LogP contribution in [0.5, 0.6) is 11.5 Å². The molecule has 1 aromatic carbocycles. The van der Waals surface area contributed by atoms with Crippen LogP contribution in [0.25, 0.3) is 0 Å². The van der Waals surface area contributed by atoms with Gasteiger partial charge in [0.2, 0.25) is 0 Å². The lowest BCUT2D eigenvalue weighted by molar-refractivity contribution is -0.152. The maximum Gasteiger partial charge on any atom is 0.347 e. The molecule has 0 aliphatic heterocycles. The Labute approximate surface area is 136 Å². The van der Waals surface area contributed by atoms with Crippen LogP contribution in [0.2, 0.25) is 0 Å². The van der Waals surface area contributed by atoms with Gasteiger partial charge in [-0.1, -0.05) is 25.5 Å². The third-order valence-electron chi connectivity index (χ3n) is 2.87. The second kappa shape index (κ2) is 10.5. The number of para-hydroxylation sites is 2. The molecular weight excluding hydrogens is 300 g/mol. The van der Waals surface area contributed by atoms with Crippen LogP contribution in [0.15, 0.2) is 24.3 Å². The van der Waals surface area contributed by atoms with Crippen LogP contribution in [0.4, 0.5) is 0 Å². The lowest BCUT2D eigenvalue weighted by Gasteiger charge is -2.19. The first-order valence-electron chi connectivity index (χ1n) is 7.83. The minimum absolute atomic E-state index is 0.216. The minimum Gasteiger partial charge on any atom is -0.478 e. The minimum atomic E-state index is -0.702. The first-order chi connectivity index (χ1) is 11.1. The molecule has 6 nitrogen and oxygen atoms in total. The number of hydrogen-bond acceptors (Lipinski definition) is 6. The predicted octanol–water partition coefficient (Wildman–Crippen LogP) is 2.74. The van der Waals surface area contributed by atoms with Crippen molar-refractivity contribution in [3.8, 4) is 11.5 Å². The molecule has 0 heterocycles. The molecule has 0 aliphatic carbocycles. The molecule has 0 spiro atoms. The van der Waals surface area contributed by atoms with Gasteiger partial charge in [-0.15, -0.1) is 0 Å². The van der Waals surface area contributed by atoms with Crippen LogP contribution in [-0.2, 0) is 19.1 Å². The Kier molecular flexibility index (Phi) is 8.57. The Morgan fingerprint density at radius 1 is 1.00 bits per heavy atom. The van der Waals surface area contributed by atoms with Crippen molar-refractivity contribution >= 4 is 11.9 Å². The number of ether oxygens (including phenoxy) is 4. The molecule has 0 unspecified atom stereocenters. The summed E-state index contributed by atoms with van der Waals surface area (Å²) in [6.45, 7) is 5.80. The SMILES string of the molecule is CCC[C@@H](Oc1ccccc1OCC(=O)OCC)C(=O)OCC. The molecule has 0 saturated heterocycles. The van der Waals surface area contributed by atoms with Gasteiger partial charge >= 0.3 is 11.9 Å². The van der Waals surface area contributed by atoms with Crippen molar-refractivity contribution in [2.45, 2.75) is 39.7 Å². The van der Waals surface area contributed by atoms with Gasteiger partial charge in [0, 0.05) is 0 Å². The van der Waals surface area contributed by atoms with E-state index < -0.39 is 18.0 Å². The normalized spacial score (nSPS) is 11.4. The van der Waals surface area contributed by atoms with Gasteiger partial charge in [-0.2, -0.15) is 0 Å². The van der Waals surface area contributed by atoms with E-state index in [0.29, 0.717) is 31.1 Å². The summed E-state index contributed by atoms with van der Waals surface area (Å²) >= 11 is 0. The van der Waals surface area contributed by atoms with Crippen molar-refractivity contribution in [3.05, 3.63) is 24.3 Å². The van der Waals surface area contributed by atoms with E-state index in [2.05, 4.69) is 0 Å². The number of esters is 2. The molecule has 128 valence electrons. The van der Waals surface area contributed by atoms with Crippen LogP contribution in [0, 0.1) is 0 Å². The van der Waals surface area contributed by atoms with Gasteiger partial charge in [-0.25, -0.2) is 9.59 Å². The van der Waals surface area contributed by atoms with E-state index in [1.807, 2.05) is 6.92 Å². The van der Waals surface area contributed by atoms with Gasteiger partial charge in [-0.05, 0) is 32.4 Å². The fourth-order valence-corrected chi connectivity index (χ4v) is 1.88. The standard InChI is InChI=1S/C17H24O6/c1-4-9-15(17(19)21-6-3)23-14-11-8-7-10-13(14)22-12-16(18)20-5-2/h7-8,10-11,15H,4-6,9,12H2,1-3H3/t15-/m1/s1. The highest BCUT2D eigenvalue weighted by Crippen LogP contribution is 2.28. The largest absolute Gasteiger partial charge is 0.478 e. The van der Waals surface area contributed by atoms with Crippen LogP contribution < -0.4 is 9.47 Å². The molecule has 23 heavy (non-hydrogen) atoms.